The van der Waals surface area contributed by atoms with Crippen LogP contribution in [0.25, 0.3) is 0 Å². The zero-order valence-corrected chi connectivity index (χ0v) is 19.1. The summed E-state index contributed by atoms with van der Waals surface area (Å²) in [4.78, 5) is 15.3. The fourth-order valence-corrected chi connectivity index (χ4v) is 4.55. The zero-order valence-electron chi connectivity index (χ0n) is 19.1. The van der Waals surface area contributed by atoms with Crippen molar-refractivity contribution in [1.29, 1.82) is 0 Å². The third-order valence-corrected chi connectivity index (χ3v) is 6.57. The van der Waals surface area contributed by atoms with Crippen molar-refractivity contribution in [2.75, 3.05) is 31.7 Å². The van der Waals surface area contributed by atoms with Gasteiger partial charge in [0, 0.05) is 30.6 Å². The van der Waals surface area contributed by atoms with Gasteiger partial charge in [-0.2, -0.15) is 5.10 Å². The van der Waals surface area contributed by atoms with Crippen LogP contribution in [0, 0.1) is 6.92 Å². The molecule has 2 aromatic heterocycles. The van der Waals surface area contributed by atoms with Crippen molar-refractivity contribution in [2.45, 2.75) is 45.1 Å². The lowest BCUT2D eigenvalue weighted by atomic mass is 10.0. The number of aromatic nitrogens is 2. The minimum Gasteiger partial charge on any atom is -0.466 e. The number of amides is 1. The number of piperidine rings is 1. The van der Waals surface area contributed by atoms with E-state index in [9.17, 15) is 4.79 Å². The lowest BCUT2D eigenvalue weighted by molar-refractivity contribution is 0.102. The molecule has 33 heavy (non-hydrogen) atoms. The summed E-state index contributed by atoms with van der Waals surface area (Å²) in [6, 6.07) is 11.5. The molecule has 0 radical (unpaired) electrons. The minimum atomic E-state index is -0.186. The predicted molar refractivity (Wildman–Crippen MR) is 124 cm³/mol. The smallest absolute Gasteiger partial charge is 0.256 e. The van der Waals surface area contributed by atoms with E-state index in [0.717, 1.165) is 56.2 Å². The van der Waals surface area contributed by atoms with E-state index in [-0.39, 0.29) is 18.7 Å². The average Bonchev–Trinajstić information content (AvgIpc) is 3.58. The molecule has 1 aromatic carbocycles. The van der Waals surface area contributed by atoms with E-state index in [2.05, 4.69) is 28.3 Å². The highest BCUT2D eigenvalue weighted by Crippen LogP contribution is 2.33. The number of hydrogen-bond donors (Lipinski definition) is 1. The van der Waals surface area contributed by atoms with Crippen LogP contribution in [-0.4, -0.2) is 47.0 Å². The molecular formula is C25H30N4O4. The molecule has 1 fully saturated rings. The van der Waals surface area contributed by atoms with Crippen LogP contribution >= 0.6 is 0 Å². The van der Waals surface area contributed by atoms with E-state index < -0.39 is 0 Å². The molecule has 8 heteroatoms. The number of carbonyl (C=O) groups excluding carboxylic acids is 1. The monoisotopic (exact) mass is 450 g/mol. The molecule has 0 spiro atoms. The highest BCUT2D eigenvalue weighted by atomic mass is 16.7. The first-order valence-corrected chi connectivity index (χ1v) is 11.6. The van der Waals surface area contributed by atoms with Crippen molar-refractivity contribution in [3.63, 3.8) is 0 Å². The first-order valence-electron chi connectivity index (χ1n) is 11.6. The van der Waals surface area contributed by atoms with Crippen molar-refractivity contribution in [2.24, 2.45) is 0 Å². The standard InChI is InChI=1S/C25H30N4O4/c1-17(21-5-3-18(2)33-21)8-12-28-13-9-20(10-14-28)29-24(7-11-26-29)27-25(30)19-4-6-22-23(15-19)32-16-31-22/h3-7,11,15,17,20H,8-10,12-14,16H2,1-2H3,(H,27,30). The Bertz CT molecular complexity index is 1110. The molecule has 8 nitrogen and oxygen atoms in total. The van der Waals surface area contributed by atoms with Crippen molar-refractivity contribution < 1.29 is 18.7 Å². The number of anilines is 1. The Morgan fingerprint density at radius 1 is 1.15 bits per heavy atom. The van der Waals surface area contributed by atoms with Crippen LogP contribution in [0.3, 0.4) is 0 Å². The summed E-state index contributed by atoms with van der Waals surface area (Å²) in [7, 11) is 0. The van der Waals surface area contributed by atoms with E-state index in [1.165, 1.54) is 0 Å². The average molecular weight is 451 g/mol. The zero-order chi connectivity index (χ0) is 22.8. The SMILES string of the molecule is Cc1ccc(C(C)CCN2CCC(n3nccc3NC(=O)c3ccc4c(c3)OCO4)CC2)o1. The van der Waals surface area contributed by atoms with Gasteiger partial charge in [-0.3, -0.25) is 4.79 Å². The van der Waals surface area contributed by atoms with Gasteiger partial charge in [0.2, 0.25) is 6.79 Å². The minimum absolute atomic E-state index is 0.186. The summed E-state index contributed by atoms with van der Waals surface area (Å²) in [6.07, 6.45) is 4.83. The van der Waals surface area contributed by atoms with E-state index in [1.54, 1.807) is 24.4 Å². The van der Waals surface area contributed by atoms with Crippen LogP contribution in [-0.2, 0) is 0 Å². The Labute approximate surface area is 193 Å². The normalized spacial score (nSPS) is 17.3. The number of fused-ring (bicyclic) bond motifs is 1. The van der Waals surface area contributed by atoms with Crippen LogP contribution in [0.1, 0.15) is 60.0 Å². The molecule has 1 atom stereocenters. The van der Waals surface area contributed by atoms with Crippen molar-refractivity contribution in [1.82, 2.24) is 14.7 Å². The highest BCUT2D eigenvalue weighted by molar-refractivity contribution is 6.04. The first kappa shape index (κ1) is 21.6. The van der Waals surface area contributed by atoms with E-state index in [1.807, 2.05) is 23.7 Å². The Balaban J connectivity index is 1.14. The van der Waals surface area contributed by atoms with Crippen molar-refractivity contribution in [3.05, 3.63) is 59.7 Å². The van der Waals surface area contributed by atoms with E-state index in [0.29, 0.717) is 23.0 Å². The van der Waals surface area contributed by atoms with Gasteiger partial charge in [-0.15, -0.1) is 0 Å². The Hall–Kier alpha value is -3.26. The Morgan fingerprint density at radius 3 is 2.76 bits per heavy atom. The number of carbonyl (C=O) groups is 1. The first-order chi connectivity index (χ1) is 16.1. The number of aryl methyl sites for hydroxylation is 1. The van der Waals surface area contributed by atoms with Gasteiger partial charge in [-0.1, -0.05) is 6.92 Å². The molecule has 3 aromatic rings. The second-order valence-corrected chi connectivity index (χ2v) is 8.89. The molecule has 1 N–H and O–H groups in total. The van der Waals surface area contributed by atoms with Crippen molar-refractivity contribution >= 4 is 11.7 Å². The summed E-state index contributed by atoms with van der Waals surface area (Å²) in [5.41, 5.74) is 0.530. The second kappa shape index (κ2) is 9.31. The Kier molecular flexibility index (Phi) is 6.09. The van der Waals surface area contributed by atoms with Gasteiger partial charge in [-0.05, 0) is 63.1 Å². The molecule has 1 unspecified atom stereocenters. The second-order valence-electron chi connectivity index (χ2n) is 8.89. The molecule has 0 bridgehead atoms. The molecule has 2 aliphatic rings. The number of furan rings is 1. The van der Waals surface area contributed by atoms with Crippen LogP contribution in [0.5, 0.6) is 11.5 Å². The molecule has 174 valence electrons. The van der Waals surface area contributed by atoms with Crippen LogP contribution in [0.2, 0.25) is 0 Å². The summed E-state index contributed by atoms with van der Waals surface area (Å²) in [5.74, 6) is 4.25. The number of benzene rings is 1. The summed E-state index contributed by atoms with van der Waals surface area (Å²) in [6.45, 7) is 7.49. The molecule has 0 aliphatic carbocycles. The van der Waals surface area contributed by atoms with Gasteiger partial charge >= 0.3 is 0 Å². The molecule has 0 saturated carbocycles. The molecular weight excluding hydrogens is 420 g/mol. The number of nitrogens with one attached hydrogen (secondary N) is 1. The highest BCUT2D eigenvalue weighted by Gasteiger charge is 2.24. The van der Waals surface area contributed by atoms with E-state index in [4.69, 9.17) is 13.9 Å². The summed E-state index contributed by atoms with van der Waals surface area (Å²) in [5, 5.41) is 7.52. The maximum atomic E-state index is 12.8. The number of hydrogen-bond acceptors (Lipinski definition) is 6. The Morgan fingerprint density at radius 2 is 1.97 bits per heavy atom. The van der Waals surface area contributed by atoms with Gasteiger partial charge in [0.25, 0.3) is 5.91 Å². The van der Waals surface area contributed by atoms with Gasteiger partial charge in [-0.25, -0.2) is 4.68 Å². The van der Waals surface area contributed by atoms with Crippen LogP contribution in [0.4, 0.5) is 5.82 Å². The lowest BCUT2D eigenvalue weighted by Crippen LogP contribution is -2.36. The number of rotatable bonds is 7. The molecule has 2 aliphatic heterocycles. The summed E-state index contributed by atoms with van der Waals surface area (Å²) >= 11 is 0. The molecule has 1 amide bonds. The van der Waals surface area contributed by atoms with Gasteiger partial charge in [0.1, 0.15) is 17.3 Å². The topological polar surface area (TPSA) is 81.8 Å². The largest absolute Gasteiger partial charge is 0.466 e. The quantitative estimate of drug-likeness (QED) is 0.567. The molecule has 4 heterocycles. The van der Waals surface area contributed by atoms with Crippen molar-refractivity contribution in [3.8, 4) is 11.5 Å². The summed E-state index contributed by atoms with van der Waals surface area (Å²) < 4.78 is 18.4. The maximum Gasteiger partial charge on any atom is 0.256 e. The fraction of sp³-hybridized carbons (Fsp3) is 0.440. The number of ether oxygens (including phenoxy) is 2. The third kappa shape index (κ3) is 4.75. The maximum absolute atomic E-state index is 12.8. The fourth-order valence-electron chi connectivity index (χ4n) is 4.55. The predicted octanol–water partition coefficient (Wildman–Crippen LogP) is 4.60. The van der Waals surface area contributed by atoms with Crippen LogP contribution in [0.15, 0.2) is 47.0 Å². The third-order valence-electron chi connectivity index (χ3n) is 6.57. The number of nitrogens with zero attached hydrogens (tertiary/aromatic N) is 3. The molecule has 5 rings (SSSR count). The van der Waals surface area contributed by atoms with Gasteiger partial charge in [0.05, 0.1) is 12.2 Å². The molecule has 1 saturated heterocycles. The van der Waals surface area contributed by atoms with Gasteiger partial charge in [0.15, 0.2) is 11.5 Å². The van der Waals surface area contributed by atoms with E-state index >= 15 is 0 Å². The van der Waals surface area contributed by atoms with Gasteiger partial charge < -0.3 is 24.1 Å². The van der Waals surface area contributed by atoms with Crippen LogP contribution < -0.4 is 14.8 Å². The number of likely N-dealkylation sites (tertiary alicyclic amines) is 1. The lowest BCUT2D eigenvalue weighted by Gasteiger charge is -2.33.